The highest BCUT2D eigenvalue weighted by molar-refractivity contribution is 7.07. The fraction of sp³-hybridized carbons (Fsp3) is 0.231. The molecule has 104 valence electrons. The lowest BCUT2D eigenvalue weighted by atomic mass is 10.1. The van der Waals surface area contributed by atoms with Gasteiger partial charge in [-0.3, -0.25) is 14.4 Å². The van der Waals surface area contributed by atoms with E-state index < -0.39 is 11.7 Å². The van der Waals surface area contributed by atoms with E-state index >= 15 is 0 Å². The third kappa shape index (κ3) is 2.18. The van der Waals surface area contributed by atoms with Gasteiger partial charge in [0, 0.05) is 6.54 Å². The molecule has 7 heteroatoms. The molecule has 1 aromatic carbocycles. The first-order valence-corrected chi connectivity index (χ1v) is 6.70. The maximum Gasteiger partial charge on any atom is 0.416 e. The second-order valence-corrected chi connectivity index (χ2v) is 5.33. The Morgan fingerprint density at radius 1 is 1.30 bits per heavy atom. The first kappa shape index (κ1) is 13.1. The summed E-state index contributed by atoms with van der Waals surface area (Å²) in [6, 6.07) is 5.21. The lowest BCUT2D eigenvalue weighted by Crippen LogP contribution is -2.29. The van der Waals surface area contributed by atoms with Crippen LogP contribution in [0.5, 0.6) is 0 Å². The first-order chi connectivity index (χ1) is 9.47. The second kappa shape index (κ2) is 4.59. The zero-order valence-electron chi connectivity index (χ0n) is 10.1. The maximum absolute atomic E-state index is 12.9. The molecule has 0 N–H and O–H groups in total. The summed E-state index contributed by atoms with van der Waals surface area (Å²) in [6.45, 7) is 1.06. The van der Waals surface area contributed by atoms with Crippen molar-refractivity contribution in [2.45, 2.75) is 12.7 Å². The van der Waals surface area contributed by atoms with Gasteiger partial charge in [-0.05, 0) is 17.7 Å². The lowest BCUT2D eigenvalue weighted by molar-refractivity contribution is -0.137. The van der Waals surface area contributed by atoms with Gasteiger partial charge in [0.1, 0.15) is 0 Å². The molecule has 1 aliphatic rings. The molecule has 0 aliphatic carbocycles. The van der Waals surface area contributed by atoms with Crippen LogP contribution in [0.3, 0.4) is 0 Å². The zero-order valence-corrected chi connectivity index (χ0v) is 11.0. The van der Waals surface area contributed by atoms with E-state index in [0.29, 0.717) is 17.9 Å². The summed E-state index contributed by atoms with van der Waals surface area (Å²) in [5.74, 6) is 0. The molecular weight excluding hydrogens is 289 g/mol. The minimum absolute atomic E-state index is 0.00220. The van der Waals surface area contributed by atoms with E-state index in [4.69, 9.17) is 0 Å². The van der Waals surface area contributed by atoms with Gasteiger partial charge in [0.05, 0.1) is 16.6 Å². The van der Waals surface area contributed by atoms with Crippen LogP contribution in [0.2, 0.25) is 0 Å². The van der Waals surface area contributed by atoms with E-state index in [0.717, 1.165) is 17.4 Å². The molecule has 0 spiro atoms. The summed E-state index contributed by atoms with van der Waals surface area (Å²) in [5.41, 5.74) is -1.02. The second-order valence-electron chi connectivity index (χ2n) is 4.32. The largest absolute Gasteiger partial charge is 0.416 e. The predicted octanol–water partition coefficient (Wildman–Crippen LogP) is 1.39. The van der Waals surface area contributed by atoms with Gasteiger partial charge in [-0.1, -0.05) is 29.5 Å². The Labute approximate surface area is 115 Å². The number of thiazole rings is 1. The van der Waals surface area contributed by atoms with Gasteiger partial charge in [0.2, 0.25) is 0 Å². The Bertz CT molecular complexity index is 833. The fourth-order valence-corrected chi connectivity index (χ4v) is 3.11. The molecular formula is C13H9F3N2OS. The van der Waals surface area contributed by atoms with Gasteiger partial charge in [-0.15, -0.1) is 0 Å². The maximum atomic E-state index is 12.9. The monoisotopic (exact) mass is 298 g/mol. The normalized spacial score (nSPS) is 15.2. The number of halogens is 3. The SMILES string of the molecule is O=c1/c(=C\c2ccccc2C(F)(F)F)sc2n1CCN=2. The number of benzene rings is 1. The van der Waals surface area contributed by atoms with Gasteiger partial charge < -0.3 is 0 Å². The Kier molecular flexibility index (Phi) is 3.01. The number of nitrogens with zero attached hydrogens (tertiary/aromatic N) is 2. The summed E-state index contributed by atoms with van der Waals surface area (Å²) in [4.78, 5) is 16.7. The minimum atomic E-state index is -4.44. The molecule has 2 aromatic rings. The smallest absolute Gasteiger partial charge is 0.282 e. The summed E-state index contributed by atoms with van der Waals surface area (Å²) in [7, 11) is 0. The summed E-state index contributed by atoms with van der Waals surface area (Å²) in [5, 5.41) is 0. The van der Waals surface area contributed by atoms with Gasteiger partial charge in [-0.25, -0.2) is 0 Å². The molecule has 3 rings (SSSR count). The van der Waals surface area contributed by atoms with Gasteiger partial charge in [-0.2, -0.15) is 13.2 Å². The summed E-state index contributed by atoms with van der Waals surface area (Å²) in [6.07, 6.45) is -3.15. The molecule has 2 heterocycles. The van der Waals surface area contributed by atoms with Crippen LogP contribution < -0.4 is 14.9 Å². The molecule has 0 fully saturated rings. The van der Waals surface area contributed by atoms with Crippen LogP contribution in [0, 0.1) is 0 Å². The van der Waals surface area contributed by atoms with E-state index in [2.05, 4.69) is 4.99 Å². The van der Waals surface area contributed by atoms with E-state index in [1.165, 1.54) is 28.8 Å². The lowest BCUT2D eigenvalue weighted by Gasteiger charge is -2.09. The van der Waals surface area contributed by atoms with Crippen molar-refractivity contribution in [3.63, 3.8) is 0 Å². The Morgan fingerprint density at radius 2 is 2.05 bits per heavy atom. The third-order valence-corrected chi connectivity index (χ3v) is 4.06. The molecule has 0 unspecified atom stereocenters. The predicted molar refractivity (Wildman–Crippen MR) is 69.2 cm³/mol. The van der Waals surface area contributed by atoms with Crippen LogP contribution in [-0.2, 0) is 12.7 Å². The van der Waals surface area contributed by atoms with Crippen molar-refractivity contribution >= 4 is 17.4 Å². The molecule has 0 saturated heterocycles. The van der Waals surface area contributed by atoms with Crippen molar-refractivity contribution < 1.29 is 13.2 Å². The Hall–Kier alpha value is -1.89. The molecule has 0 bridgehead atoms. The zero-order chi connectivity index (χ0) is 14.3. The van der Waals surface area contributed by atoms with Crippen LogP contribution in [-0.4, -0.2) is 11.1 Å². The highest BCUT2D eigenvalue weighted by atomic mass is 32.1. The van der Waals surface area contributed by atoms with Crippen molar-refractivity contribution in [3.8, 4) is 0 Å². The number of fused-ring (bicyclic) bond motifs is 1. The van der Waals surface area contributed by atoms with E-state index in [1.807, 2.05) is 0 Å². The average molecular weight is 298 g/mol. The minimum Gasteiger partial charge on any atom is -0.282 e. The van der Waals surface area contributed by atoms with Gasteiger partial charge in [0.25, 0.3) is 5.56 Å². The standard InChI is InChI=1S/C13H9F3N2OS/c14-13(15,16)9-4-2-1-3-8(9)7-10-11(19)18-6-5-17-12(18)20-10/h1-4,7H,5-6H2/b10-7+. The summed E-state index contributed by atoms with van der Waals surface area (Å²) >= 11 is 1.12. The van der Waals surface area contributed by atoms with Crippen LogP contribution in [0.25, 0.3) is 6.08 Å². The molecule has 0 amide bonds. The molecule has 0 radical (unpaired) electrons. The van der Waals surface area contributed by atoms with Crippen molar-refractivity contribution in [2.75, 3.05) is 6.54 Å². The summed E-state index contributed by atoms with van der Waals surface area (Å²) < 4.78 is 40.5. The average Bonchev–Trinajstić information content (AvgIpc) is 2.94. The first-order valence-electron chi connectivity index (χ1n) is 5.89. The van der Waals surface area contributed by atoms with Crippen molar-refractivity contribution in [3.05, 3.63) is 55.1 Å². The third-order valence-electron chi connectivity index (χ3n) is 3.01. The highest BCUT2D eigenvalue weighted by Crippen LogP contribution is 2.31. The number of hydrogen-bond donors (Lipinski definition) is 0. The Balaban J connectivity index is 2.22. The highest BCUT2D eigenvalue weighted by Gasteiger charge is 2.32. The van der Waals surface area contributed by atoms with E-state index in [-0.39, 0.29) is 15.7 Å². The van der Waals surface area contributed by atoms with Crippen LogP contribution in [0.15, 0.2) is 34.1 Å². The Morgan fingerprint density at radius 3 is 2.75 bits per heavy atom. The molecule has 3 nitrogen and oxygen atoms in total. The van der Waals surface area contributed by atoms with Gasteiger partial charge in [0.15, 0.2) is 4.80 Å². The number of alkyl halides is 3. The molecule has 1 aliphatic heterocycles. The molecule has 0 atom stereocenters. The number of aromatic nitrogens is 1. The van der Waals surface area contributed by atoms with Crippen LogP contribution in [0.4, 0.5) is 13.2 Å². The van der Waals surface area contributed by atoms with Crippen LogP contribution >= 0.6 is 11.3 Å². The van der Waals surface area contributed by atoms with Gasteiger partial charge >= 0.3 is 6.18 Å². The number of rotatable bonds is 1. The molecule has 20 heavy (non-hydrogen) atoms. The number of hydrogen-bond acceptors (Lipinski definition) is 3. The van der Waals surface area contributed by atoms with E-state index in [9.17, 15) is 18.0 Å². The quantitative estimate of drug-likeness (QED) is 0.783. The van der Waals surface area contributed by atoms with Crippen molar-refractivity contribution in [2.24, 2.45) is 4.99 Å². The van der Waals surface area contributed by atoms with Crippen molar-refractivity contribution in [1.82, 2.24) is 4.57 Å². The van der Waals surface area contributed by atoms with Crippen molar-refractivity contribution in [1.29, 1.82) is 0 Å². The van der Waals surface area contributed by atoms with E-state index in [1.54, 1.807) is 0 Å². The topological polar surface area (TPSA) is 34.4 Å². The van der Waals surface area contributed by atoms with Crippen LogP contribution in [0.1, 0.15) is 11.1 Å². The molecule has 1 aromatic heterocycles. The molecule has 0 saturated carbocycles. The fourth-order valence-electron chi connectivity index (χ4n) is 2.09.